The third kappa shape index (κ3) is 5.54. The van der Waals surface area contributed by atoms with Crippen molar-refractivity contribution in [1.82, 2.24) is 14.9 Å². The fraction of sp³-hybridized carbons (Fsp3) is 0.706. The molecule has 1 fully saturated rings. The van der Waals surface area contributed by atoms with Crippen LogP contribution in [0.3, 0.4) is 0 Å². The van der Waals surface area contributed by atoms with E-state index >= 15 is 0 Å². The van der Waals surface area contributed by atoms with E-state index in [1.807, 2.05) is 41.5 Å². The van der Waals surface area contributed by atoms with Gasteiger partial charge in [-0.05, 0) is 45.6 Å². The molecule has 1 unspecified atom stereocenters. The summed E-state index contributed by atoms with van der Waals surface area (Å²) >= 11 is 5.03. The number of carbonyl (C=O) groups excluding carboxylic acids is 1. The zero-order valence-electron chi connectivity index (χ0n) is 15.6. The van der Waals surface area contributed by atoms with Crippen LogP contribution in [0.1, 0.15) is 66.0 Å². The highest BCUT2D eigenvalue weighted by atomic mass is 35.5. The number of nitrogens with zero attached hydrogens (tertiary/aromatic N) is 2. The molecule has 0 bridgehead atoms. The van der Waals surface area contributed by atoms with Gasteiger partial charge in [-0.2, -0.15) is 0 Å². The van der Waals surface area contributed by atoms with Crippen molar-refractivity contribution in [3.05, 3.63) is 16.8 Å². The molecule has 2 atom stereocenters. The van der Waals surface area contributed by atoms with Gasteiger partial charge < -0.3 is 9.87 Å². The van der Waals surface area contributed by atoms with Crippen molar-refractivity contribution in [2.75, 3.05) is 5.32 Å². The number of aromatic nitrogens is 2. The summed E-state index contributed by atoms with van der Waals surface area (Å²) in [6, 6.07) is 1.56. The first-order valence-corrected chi connectivity index (χ1v) is 9.95. The maximum absolute atomic E-state index is 12.5. The fourth-order valence-electron chi connectivity index (χ4n) is 2.11. The van der Waals surface area contributed by atoms with Crippen LogP contribution in [0.2, 0.25) is 5.15 Å². The van der Waals surface area contributed by atoms with Crippen molar-refractivity contribution in [2.45, 2.75) is 65.2 Å². The molecule has 0 aliphatic heterocycles. The quantitative estimate of drug-likeness (QED) is 0.754. The summed E-state index contributed by atoms with van der Waals surface area (Å²) in [7, 11) is 0. The molecule has 0 saturated heterocycles. The second-order valence-corrected chi connectivity index (χ2v) is 10.8. The molecule has 1 saturated carbocycles. The summed E-state index contributed by atoms with van der Waals surface area (Å²) in [6.07, 6.45) is 2.09. The van der Waals surface area contributed by atoms with Gasteiger partial charge in [-0.15, -0.1) is 14.9 Å². The molecule has 2 N–H and O–H groups in total. The number of anilines is 1. The van der Waals surface area contributed by atoms with Crippen LogP contribution in [-0.2, 0) is 16.2 Å². The van der Waals surface area contributed by atoms with Crippen LogP contribution >= 0.6 is 11.6 Å². The van der Waals surface area contributed by atoms with Gasteiger partial charge in [0.1, 0.15) is 4.75 Å². The molecule has 6 nitrogen and oxygen atoms in total. The third-order valence-corrected chi connectivity index (χ3v) is 5.79. The van der Waals surface area contributed by atoms with E-state index < -0.39 is 16.8 Å². The third-order valence-electron chi connectivity index (χ3n) is 3.92. The maximum atomic E-state index is 12.5. The highest BCUT2D eigenvalue weighted by molar-refractivity contribution is 7.90. The van der Waals surface area contributed by atoms with Gasteiger partial charge in [0.25, 0.3) is 0 Å². The van der Waals surface area contributed by atoms with E-state index in [0.717, 1.165) is 18.4 Å². The lowest BCUT2D eigenvalue weighted by Crippen LogP contribution is -2.42. The summed E-state index contributed by atoms with van der Waals surface area (Å²) in [5.74, 6) is 0.566. The van der Waals surface area contributed by atoms with E-state index in [1.165, 1.54) is 0 Å². The summed E-state index contributed by atoms with van der Waals surface area (Å²) in [5.41, 5.74) is 0.185. The Morgan fingerprint density at radius 1 is 1.28 bits per heavy atom. The molecule has 25 heavy (non-hydrogen) atoms. The van der Waals surface area contributed by atoms with Crippen molar-refractivity contribution < 1.29 is 9.35 Å². The Morgan fingerprint density at radius 3 is 2.36 bits per heavy atom. The topological polar surface area (TPSA) is 90.0 Å². The van der Waals surface area contributed by atoms with Crippen LogP contribution in [0.15, 0.2) is 6.07 Å². The number of halogens is 1. The second kappa shape index (κ2) is 7.39. The van der Waals surface area contributed by atoms with E-state index in [2.05, 4.69) is 20.2 Å². The average molecular weight is 387 g/mol. The second-order valence-electron chi connectivity index (χ2n) is 8.49. The zero-order chi connectivity index (χ0) is 19.0. The molecule has 1 amide bonds. The lowest BCUT2D eigenvalue weighted by molar-refractivity contribution is -0.123. The van der Waals surface area contributed by atoms with Crippen molar-refractivity contribution in [3.63, 3.8) is 0 Å². The van der Waals surface area contributed by atoms with E-state index in [1.54, 1.807) is 6.07 Å². The van der Waals surface area contributed by atoms with E-state index in [0.29, 0.717) is 11.7 Å². The van der Waals surface area contributed by atoms with E-state index in [4.69, 9.17) is 11.6 Å². The van der Waals surface area contributed by atoms with Crippen molar-refractivity contribution >= 4 is 34.7 Å². The first-order valence-electron chi connectivity index (χ1n) is 8.42. The van der Waals surface area contributed by atoms with Crippen LogP contribution in [0.4, 0.5) is 5.82 Å². The standard InChI is InChI=1S/C17H27ClN4O2S/c1-16(2,3)15(23)19-12-9-11(14(18)21-20-12)13(10-7-8-10)22-25(24)17(4,5)6/h9-10,13,22H,7-8H2,1-6H3,(H,19,20,23)/t13-,25?/m1/s1. The number of hydrogen-bond acceptors (Lipinski definition) is 5. The maximum Gasteiger partial charge on any atom is 0.230 e. The average Bonchev–Trinajstić information content (AvgIpc) is 3.29. The molecule has 8 heteroatoms. The smallest absolute Gasteiger partial charge is 0.230 e. The zero-order valence-corrected chi connectivity index (χ0v) is 17.2. The van der Waals surface area contributed by atoms with Gasteiger partial charge in [-0.3, -0.25) is 4.79 Å². The summed E-state index contributed by atoms with van der Waals surface area (Å²) in [6.45, 7) is 11.2. The molecule has 1 aromatic rings. The Morgan fingerprint density at radius 2 is 1.88 bits per heavy atom. The minimum absolute atomic E-state index is 0.149. The molecule has 0 aromatic carbocycles. The lowest BCUT2D eigenvalue weighted by atomic mass is 9.96. The van der Waals surface area contributed by atoms with Crippen LogP contribution in [-0.4, -0.2) is 25.4 Å². The lowest BCUT2D eigenvalue weighted by Gasteiger charge is -2.28. The van der Waals surface area contributed by atoms with Crippen LogP contribution in [0, 0.1) is 11.3 Å². The number of rotatable bonds is 5. The Labute approximate surface area is 157 Å². The minimum Gasteiger partial charge on any atom is -0.598 e. The van der Waals surface area contributed by atoms with E-state index in [9.17, 15) is 9.35 Å². The van der Waals surface area contributed by atoms with Crippen molar-refractivity contribution in [1.29, 1.82) is 0 Å². The minimum atomic E-state index is -1.23. The monoisotopic (exact) mass is 386 g/mol. The summed E-state index contributed by atoms with van der Waals surface area (Å²) < 4.78 is 15.3. The Bertz CT molecular complexity index is 639. The predicted molar refractivity (Wildman–Crippen MR) is 102 cm³/mol. The Kier molecular flexibility index (Phi) is 6.03. The molecule has 0 radical (unpaired) electrons. The Balaban J connectivity index is 2.26. The van der Waals surface area contributed by atoms with Gasteiger partial charge in [-0.25, -0.2) is 0 Å². The van der Waals surface area contributed by atoms with Crippen LogP contribution < -0.4 is 10.0 Å². The number of hydrogen-bond donors (Lipinski definition) is 2. The molecule has 1 aromatic heterocycles. The van der Waals surface area contributed by atoms with Gasteiger partial charge >= 0.3 is 0 Å². The summed E-state index contributed by atoms with van der Waals surface area (Å²) in [4.78, 5) is 12.2. The van der Waals surface area contributed by atoms with Gasteiger partial charge in [0.15, 0.2) is 11.0 Å². The highest BCUT2D eigenvalue weighted by Crippen LogP contribution is 2.43. The molecule has 1 aliphatic rings. The first kappa shape index (κ1) is 20.4. The predicted octanol–water partition coefficient (Wildman–Crippen LogP) is 3.62. The number of carbonyl (C=O) groups is 1. The molecule has 1 aliphatic carbocycles. The number of nitrogens with one attached hydrogen (secondary N) is 2. The van der Waals surface area contributed by atoms with Crippen LogP contribution in [0.25, 0.3) is 0 Å². The SMILES string of the molecule is CC(C)(C)C(=O)Nc1cc([C@H](N[S+]([O-])C(C)(C)C)C2CC2)c(Cl)nn1. The largest absolute Gasteiger partial charge is 0.598 e. The van der Waals surface area contributed by atoms with Gasteiger partial charge in [0.05, 0.1) is 6.04 Å². The van der Waals surface area contributed by atoms with Gasteiger partial charge in [0.2, 0.25) is 5.91 Å². The summed E-state index contributed by atoms with van der Waals surface area (Å²) in [5, 5.41) is 11.0. The van der Waals surface area contributed by atoms with Crippen molar-refractivity contribution in [2.24, 2.45) is 11.3 Å². The molecular formula is C17H27ClN4O2S. The fourth-order valence-corrected chi connectivity index (χ4v) is 3.22. The molecule has 1 heterocycles. The normalized spacial score (nSPS) is 17.9. The van der Waals surface area contributed by atoms with Gasteiger partial charge in [0, 0.05) is 22.3 Å². The number of amides is 1. The molecular weight excluding hydrogens is 360 g/mol. The Hall–Kier alpha value is -0.890. The molecule has 140 valence electrons. The van der Waals surface area contributed by atoms with Crippen LogP contribution in [0.5, 0.6) is 0 Å². The highest BCUT2D eigenvalue weighted by Gasteiger charge is 2.40. The van der Waals surface area contributed by atoms with Crippen molar-refractivity contribution in [3.8, 4) is 0 Å². The molecule has 2 rings (SSSR count). The van der Waals surface area contributed by atoms with Gasteiger partial charge in [-0.1, -0.05) is 32.4 Å². The molecule has 0 spiro atoms. The van der Waals surface area contributed by atoms with E-state index in [-0.39, 0.29) is 21.8 Å². The first-order chi connectivity index (χ1) is 11.4.